The number of nitrogens with one attached hydrogen (secondary N) is 3. The SMILES string of the molecule is CC[C@@]1(O)C(=O)OCc2c1cc1n(c2=O)Cc2c-1nc1ccccc1c2CNCCCNCCCCNCCCN. The molecule has 0 radical (unpaired) electrons. The van der Waals surface area contributed by atoms with Crippen molar-refractivity contribution >= 4 is 16.9 Å². The maximum atomic E-state index is 13.6. The summed E-state index contributed by atoms with van der Waals surface area (Å²) in [6, 6.07) is 9.80. The van der Waals surface area contributed by atoms with Gasteiger partial charge in [0.25, 0.3) is 5.56 Å². The van der Waals surface area contributed by atoms with Gasteiger partial charge in [0.1, 0.15) is 6.61 Å². The molecular weight excluding hydrogens is 520 g/mol. The summed E-state index contributed by atoms with van der Waals surface area (Å²) in [5.74, 6) is -0.712. The highest BCUT2D eigenvalue weighted by atomic mass is 16.6. The summed E-state index contributed by atoms with van der Waals surface area (Å²) in [6.45, 7) is 8.24. The van der Waals surface area contributed by atoms with Gasteiger partial charge in [-0.2, -0.15) is 0 Å². The minimum absolute atomic E-state index is 0.121. The number of fused-ring (bicyclic) bond motifs is 5. The molecule has 1 aromatic carbocycles. The Morgan fingerprint density at radius 3 is 2.46 bits per heavy atom. The molecule has 0 unspecified atom stereocenters. The van der Waals surface area contributed by atoms with E-state index in [1.54, 1.807) is 17.6 Å². The number of esters is 1. The number of hydrogen-bond acceptors (Lipinski definition) is 9. The Kier molecular flexibility index (Phi) is 9.46. The Morgan fingerprint density at radius 1 is 1.00 bits per heavy atom. The zero-order valence-corrected chi connectivity index (χ0v) is 23.9. The Balaban J connectivity index is 1.26. The zero-order chi connectivity index (χ0) is 28.8. The molecule has 3 aromatic rings. The quantitative estimate of drug-likeness (QED) is 0.108. The molecule has 10 heteroatoms. The molecule has 220 valence electrons. The average Bonchev–Trinajstić information content (AvgIpc) is 3.36. The lowest BCUT2D eigenvalue weighted by molar-refractivity contribution is -0.172. The molecule has 0 amide bonds. The van der Waals surface area contributed by atoms with E-state index < -0.39 is 11.6 Å². The first-order valence-corrected chi connectivity index (χ1v) is 14.9. The van der Waals surface area contributed by atoms with Crippen molar-refractivity contribution in [3.05, 3.63) is 62.9 Å². The van der Waals surface area contributed by atoms with Crippen molar-refractivity contribution in [1.29, 1.82) is 0 Å². The monoisotopic (exact) mass is 562 g/mol. The topological polar surface area (TPSA) is 144 Å². The van der Waals surface area contributed by atoms with Crippen molar-refractivity contribution < 1.29 is 14.6 Å². The number of aromatic nitrogens is 2. The van der Waals surface area contributed by atoms with Gasteiger partial charge >= 0.3 is 5.97 Å². The van der Waals surface area contributed by atoms with E-state index in [0.29, 0.717) is 29.9 Å². The van der Waals surface area contributed by atoms with Crippen molar-refractivity contribution in [1.82, 2.24) is 25.5 Å². The molecule has 0 spiro atoms. The van der Waals surface area contributed by atoms with Gasteiger partial charge in [-0.3, -0.25) is 4.79 Å². The van der Waals surface area contributed by atoms with Crippen molar-refractivity contribution in [3.63, 3.8) is 0 Å². The highest BCUT2D eigenvalue weighted by molar-refractivity contribution is 5.89. The van der Waals surface area contributed by atoms with Crippen LogP contribution in [0.2, 0.25) is 0 Å². The fourth-order valence-electron chi connectivity index (χ4n) is 5.84. The third-order valence-corrected chi connectivity index (χ3v) is 8.24. The lowest BCUT2D eigenvalue weighted by Crippen LogP contribution is -2.44. The van der Waals surface area contributed by atoms with Crippen molar-refractivity contribution in [3.8, 4) is 11.4 Å². The smallest absolute Gasteiger partial charge is 0.343 e. The number of nitrogens with two attached hydrogens (primary N) is 1. The maximum Gasteiger partial charge on any atom is 0.343 e. The van der Waals surface area contributed by atoms with Crippen LogP contribution in [-0.4, -0.2) is 59.9 Å². The summed E-state index contributed by atoms with van der Waals surface area (Å²) in [4.78, 5) is 31.0. The Hall–Kier alpha value is -3.15. The normalized spacial score (nSPS) is 17.4. The van der Waals surface area contributed by atoms with Crippen LogP contribution in [0.25, 0.3) is 22.3 Å². The first-order valence-electron chi connectivity index (χ1n) is 14.9. The van der Waals surface area contributed by atoms with E-state index in [9.17, 15) is 14.7 Å². The number of ether oxygens (including phenoxy) is 1. The van der Waals surface area contributed by atoms with E-state index in [-0.39, 0.29) is 18.6 Å². The largest absolute Gasteiger partial charge is 0.458 e. The molecule has 2 aliphatic rings. The van der Waals surface area contributed by atoms with Crippen LogP contribution in [0.3, 0.4) is 0 Å². The Labute approximate surface area is 240 Å². The number of nitrogens with zero attached hydrogens (tertiary/aromatic N) is 2. The highest BCUT2D eigenvalue weighted by Gasteiger charge is 2.45. The number of aliphatic hydroxyl groups is 1. The molecule has 1 atom stereocenters. The molecule has 10 nitrogen and oxygen atoms in total. The molecule has 0 aliphatic carbocycles. The minimum Gasteiger partial charge on any atom is -0.458 e. The van der Waals surface area contributed by atoms with E-state index in [0.717, 1.165) is 92.7 Å². The molecular formula is C31H42N6O4. The maximum absolute atomic E-state index is 13.6. The second kappa shape index (κ2) is 13.2. The highest BCUT2D eigenvalue weighted by Crippen LogP contribution is 2.40. The van der Waals surface area contributed by atoms with Gasteiger partial charge in [0.05, 0.1) is 29.0 Å². The number of rotatable bonds is 15. The van der Waals surface area contributed by atoms with Gasteiger partial charge in [0.2, 0.25) is 0 Å². The predicted molar refractivity (Wildman–Crippen MR) is 159 cm³/mol. The Bertz CT molecular complexity index is 1450. The molecule has 0 saturated heterocycles. The molecule has 5 rings (SSSR count). The standard InChI is InChI=1S/C31H42N6O4/c1-2-31(40)25-17-27-28-23(19-37(27)29(38)24(25)20-41-30(31)39)22(21-9-3-4-10-26(21)36-28)18-35-16-8-15-34-13-6-5-12-33-14-7-11-32/h3-4,9-10,17,33-35,40H,2,5-8,11-16,18-20,32H2,1H3/t31-/m0/s1. The van der Waals surface area contributed by atoms with Gasteiger partial charge in [-0.1, -0.05) is 25.1 Å². The number of carbonyl (C=O) groups excluding carboxylic acids is 1. The molecule has 41 heavy (non-hydrogen) atoms. The van der Waals surface area contributed by atoms with Gasteiger partial charge in [-0.05, 0) is 89.1 Å². The van der Waals surface area contributed by atoms with Crippen LogP contribution in [0.1, 0.15) is 61.3 Å². The number of pyridine rings is 2. The molecule has 2 aromatic heterocycles. The second-order valence-corrected chi connectivity index (χ2v) is 10.9. The molecule has 4 heterocycles. The van der Waals surface area contributed by atoms with E-state index >= 15 is 0 Å². The van der Waals surface area contributed by atoms with Crippen molar-refractivity contribution in [2.24, 2.45) is 5.73 Å². The first kappa shape index (κ1) is 29.3. The van der Waals surface area contributed by atoms with Gasteiger partial charge in [-0.15, -0.1) is 0 Å². The summed E-state index contributed by atoms with van der Waals surface area (Å²) >= 11 is 0. The summed E-state index contributed by atoms with van der Waals surface area (Å²) < 4.78 is 6.91. The van der Waals surface area contributed by atoms with Crippen molar-refractivity contribution in [2.75, 3.05) is 39.3 Å². The van der Waals surface area contributed by atoms with Gasteiger partial charge in [0.15, 0.2) is 5.60 Å². The lowest BCUT2D eigenvalue weighted by Gasteiger charge is -2.31. The van der Waals surface area contributed by atoms with E-state index in [4.69, 9.17) is 15.5 Å². The Morgan fingerprint density at radius 2 is 1.71 bits per heavy atom. The summed E-state index contributed by atoms with van der Waals surface area (Å²) in [5.41, 5.74) is 8.46. The molecule has 6 N–H and O–H groups in total. The number of hydrogen-bond donors (Lipinski definition) is 5. The van der Waals surface area contributed by atoms with Crippen LogP contribution in [0.5, 0.6) is 0 Å². The average molecular weight is 563 g/mol. The number of benzene rings is 1. The number of para-hydroxylation sites is 1. The van der Waals surface area contributed by atoms with Crippen LogP contribution >= 0.6 is 0 Å². The van der Waals surface area contributed by atoms with Crippen LogP contribution in [-0.2, 0) is 34.8 Å². The summed E-state index contributed by atoms with van der Waals surface area (Å²) in [6.07, 6.45) is 4.47. The molecule has 0 fully saturated rings. The lowest BCUT2D eigenvalue weighted by atomic mass is 9.86. The van der Waals surface area contributed by atoms with Gasteiger partial charge in [0, 0.05) is 23.1 Å². The van der Waals surface area contributed by atoms with E-state index in [1.165, 1.54) is 0 Å². The number of carbonyl (C=O) groups is 1. The van der Waals surface area contributed by atoms with Gasteiger partial charge < -0.3 is 36.1 Å². The van der Waals surface area contributed by atoms with Gasteiger partial charge in [-0.25, -0.2) is 9.78 Å². The van der Waals surface area contributed by atoms with Crippen molar-refractivity contribution in [2.45, 2.75) is 64.3 Å². The fourth-order valence-corrected chi connectivity index (χ4v) is 5.84. The van der Waals surface area contributed by atoms with E-state index in [2.05, 4.69) is 22.0 Å². The van der Waals surface area contributed by atoms with Crippen LogP contribution in [0.4, 0.5) is 0 Å². The molecule has 0 saturated carbocycles. The number of cyclic esters (lactones) is 1. The van der Waals surface area contributed by atoms with Crippen LogP contribution in [0.15, 0.2) is 35.1 Å². The molecule has 2 aliphatic heterocycles. The third kappa shape index (κ3) is 5.93. The van der Waals surface area contributed by atoms with Crippen LogP contribution in [0, 0.1) is 0 Å². The predicted octanol–water partition coefficient (Wildman–Crippen LogP) is 1.87. The summed E-state index contributed by atoms with van der Waals surface area (Å²) in [7, 11) is 0. The zero-order valence-electron chi connectivity index (χ0n) is 23.9. The minimum atomic E-state index is -1.83. The summed E-state index contributed by atoms with van der Waals surface area (Å²) in [5, 5.41) is 22.8. The second-order valence-electron chi connectivity index (χ2n) is 10.9. The van der Waals surface area contributed by atoms with E-state index in [1.807, 2.05) is 18.2 Å². The number of unbranched alkanes of at least 4 members (excludes halogenated alkanes) is 1. The first-order chi connectivity index (χ1) is 20.0. The van der Waals surface area contributed by atoms with Crippen LogP contribution < -0.4 is 27.2 Å². The molecule has 0 bridgehead atoms. The third-order valence-electron chi connectivity index (χ3n) is 8.24. The fraction of sp³-hybridized carbons (Fsp3) is 0.516.